The first-order chi connectivity index (χ1) is 12.1. The van der Waals surface area contributed by atoms with Crippen LogP contribution < -0.4 is 4.74 Å². The Morgan fingerprint density at radius 1 is 0.920 bits per heavy atom. The van der Waals surface area contributed by atoms with E-state index in [1.165, 1.54) is 44.1 Å². The van der Waals surface area contributed by atoms with Crippen LogP contribution in [0.2, 0.25) is 0 Å². The molecule has 0 spiro atoms. The molecule has 25 heavy (non-hydrogen) atoms. The highest BCUT2D eigenvalue weighted by Crippen LogP contribution is 2.55. The molecule has 1 aromatic rings. The Bertz CT molecular complexity index is 534. The standard InChI is InChI=1S/C23H34O2/c1-4-5-16-6-8-21(9-7-16)24-23(15(2)3)25-22-19-11-17-10-18(13-19)14-20(22)12-17/h6-9,15,17-20,22-23H,4-5,10-14H2,1-3H3. The predicted molar refractivity (Wildman–Crippen MR) is 102 cm³/mol. The summed E-state index contributed by atoms with van der Waals surface area (Å²) in [4.78, 5) is 0. The van der Waals surface area contributed by atoms with Crippen LogP contribution in [0.1, 0.15) is 64.9 Å². The van der Waals surface area contributed by atoms with Crippen molar-refractivity contribution in [2.75, 3.05) is 0 Å². The van der Waals surface area contributed by atoms with E-state index in [1.54, 1.807) is 0 Å². The van der Waals surface area contributed by atoms with Gasteiger partial charge in [-0.1, -0.05) is 39.3 Å². The van der Waals surface area contributed by atoms with Crippen molar-refractivity contribution in [2.24, 2.45) is 29.6 Å². The number of aryl methyl sites for hydroxylation is 1. The van der Waals surface area contributed by atoms with Crippen LogP contribution >= 0.6 is 0 Å². The molecule has 1 unspecified atom stereocenters. The highest BCUT2D eigenvalue weighted by Gasteiger charge is 2.49. The van der Waals surface area contributed by atoms with Gasteiger partial charge in [-0.3, -0.25) is 0 Å². The van der Waals surface area contributed by atoms with Crippen molar-refractivity contribution in [2.45, 2.75) is 78.1 Å². The first-order valence-electron chi connectivity index (χ1n) is 10.5. The summed E-state index contributed by atoms with van der Waals surface area (Å²) < 4.78 is 12.9. The fourth-order valence-corrected chi connectivity index (χ4v) is 5.73. The van der Waals surface area contributed by atoms with Gasteiger partial charge in [0.1, 0.15) is 5.75 Å². The number of benzene rings is 1. The average Bonchev–Trinajstić information content (AvgIpc) is 2.58. The molecule has 2 heteroatoms. The number of rotatable bonds is 7. The molecule has 1 atom stereocenters. The summed E-state index contributed by atoms with van der Waals surface area (Å²) in [6, 6.07) is 8.61. The summed E-state index contributed by atoms with van der Waals surface area (Å²) in [7, 11) is 0. The van der Waals surface area contributed by atoms with Crippen molar-refractivity contribution in [3.8, 4) is 5.75 Å². The lowest BCUT2D eigenvalue weighted by molar-refractivity contribution is -0.210. The molecule has 1 aromatic carbocycles. The van der Waals surface area contributed by atoms with E-state index in [4.69, 9.17) is 9.47 Å². The second kappa shape index (κ2) is 7.31. The Morgan fingerprint density at radius 2 is 1.52 bits per heavy atom. The van der Waals surface area contributed by atoms with E-state index in [2.05, 4.69) is 45.0 Å². The highest BCUT2D eigenvalue weighted by atomic mass is 16.7. The minimum Gasteiger partial charge on any atom is -0.465 e. The second-order valence-corrected chi connectivity index (χ2v) is 9.16. The van der Waals surface area contributed by atoms with E-state index in [9.17, 15) is 0 Å². The minimum atomic E-state index is -0.125. The molecular formula is C23H34O2. The van der Waals surface area contributed by atoms with Gasteiger partial charge in [0.25, 0.3) is 0 Å². The molecule has 0 saturated heterocycles. The molecule has 2 nitrogen and oxygen atoms in total. The van der Waals surface area contributed by atoms with Crippen molar-refractivity contribution in [3.63, 3.8) is 0 Å². The quantitative estimate of drug-likeness (QED) is 0.579. The molecule has 4 fully saturated rings. The molecular weight excluding hydrogens is 308 g/mol. The van der Waals surface area contributed by atoms with Gasteiger partial charge in [0.05, 0.1) is 6.10 Å². The molecule has 0 N–H and O–H groups in total. The van der Waals surface area contributed by atoms with E-state index < -0.39 is 0 Å². The molecule has 138 valence electrons. The van der Waals surface area contributed by atoms with Crippen LogP contribution in [0, 0.1) is 29.6 Å². The van der Waals surface area contributed by atoms with Crippen molar-refractivity contribution in [1.82, 2.24) is 0 Å². The summed E-state index contributed by atoms with van der Waals surface area (Å²) in [6.45, 7) is 6.65. The lowest BCUT2D eigenvalue weighted by Gasteiger charge is -2.54. The molecule has 4 aliphatic rings. The van der Waals surface area contributed by atoms with Crippen LogP contribution in [-0.4, -0.2) is 12.4 Å². The van der Waals surface area contributed by atoms with E-state index >= 15 is 0 Å². The Labute approximate surface area is 153 Å². The molecule has 4 saturated carbocycles. The third kappa shape index (κ3) is 3.74. The monoisotopic (exact) mass is 342 g/mol. The Balaban J connectivity index is 1.41. The van der Waals surface area contributed by atoms with Crippen LogP contribution in [-0.2, 0) is 11.2 Å². The molecule has 0 radical (unpaired) electrons. The van der Waals surface area contributed by atoms with Gasteiger partial charge in [-0.05, 0) is 79.9 Å². The van der Waals surface area contributed by atoms with Crippen LogP contribution in [0.3, 0.4) is 0 Å². The topological polar surface area (TPSA) is 18.5 Å². The molecule has 5 rings (SSSR count). The Hall–Kier alpha value is -1.02. The second-order valence-electron chi connectivity index (χ2n) is 9.16. The van der Waals surface area contributed by atoms with Gasteiger partial charge in [0, 0.05) is 5.92 Å². The third-order valence-corrected chi connectivity index (χ3v) is 6.69. The number of ether oxygens (including phenoxy) is 2. The molecule has 0 amide bonds. The molecule has 4 aliphatic carbocycles. The van der Waals surface area contributed by atoms with Gasteiger partial charge in [0.2, 0.25) is 6.29 Å². The molecule has 0 aliphatic heterocycles. The maximum Gasteiger partial charge on any atom is 0.202 e. The zero-order valence-corrected chi connectivity index (χ0v) is 16.1. The van der Waals surface area contributed by atoms with Crippen LogP contribution in [0.4, 0.5) is 0 Å². The van der Waals surface area contributed by atoms with Gasteiger partial charge < -0.3 is 9.47 Å². The summed E-state index contributed by atoms with van der Waals surface area (Å²) >= 11 is 0. The van der Waals surface area contributed by atoms with E-state index in [0.29, 0.717) is 12.0 Å². The largest absolute Gasteiger partial charge is 0.465 e. The van der Waals surface area contributed by atoms with Crippen molar-refractivity contribution < 1.29 is 9.47 Å². The maximum absolute atomic E-state index is 6.65. The van der Waals surface area contributed by atoms with Gasteiger partial charge in [0.15, 0.2) is 0 Å². The lowest BCUT2D eigenvalue weighted by atomic mass is 9.55. The van der Waals surface area contributed by atoms with Crippen molar-refractivity contribution in [3.05, 3.63) is 29.8 Å². The van der Waals surface area contributed by atoms with E-state index in [-0.39, 0.29) is 6.29 Å². The SMILES string of the molecule is CCCc1ccc(OC(OC2C3CC4CC(C3)CC2C4)C(C)C)cc1. The van der Waals surface area contributed by atoms with Crippen molar-refractivity contribution >= 4 is 0 Å². The van der Waals surface area contributed by atoms with Crippen LogP contribution in [0.15, 0.2) is 24.3 Å². The number of hydrogen-bond acceptors (Lipinski definition) is 2. The molecule has 0 aromatic heterocycles. The minimum absolute atomic E-state index is 0.125. The number of hydrogen-bond donors (Lipinski definition) is 0. The maximum atomic E-state index is 6.65. The summed E-state index contributed by atoms with van der Waals surface area (Å²) in [6.07, 6.45) is 9.71. The summed E-state index contributed by atoms with van der Waals surface area (Å²) in [5.41, 5.74) is 1.39. The smallest absolute Gasteiger partial charge is 0.202 e. The first-order valence-corrected chi connectivity index (χ1v) is 10.5. The van der Waals surface area contributed by atoms with Gasteiger partial charge in [-0.2, -0.15) is 0 Å². The Kier molecular flexibility index (Phi) is 5.08. The third-order valence-electron chi connectivity index (χ3n) is 6.69. The van der Waals surface area contributed by atoms with Crippen LogP contribution in [0.25, 0.3) is 0 Å². The normalized spacial score (nSPS) is 34.5. The van der Waals surface area contributed by atoms with E-state index in [0.717, 1.165) is 35.8 Å². The van der Waals surface area contributed by atoms with Crippen molar-refractivity contribution in [1.29, 1.82) is 0 Å². The average molecular weight is 343 g/mol. The van der Waals surface area contributed by atoms with Gasteiger partial charge in [-0.15, -0.1) is 0 Å². The first kappa shape index (κ1) is 17.4. The fraction of sp³-hybridized carbons (Fsp3) is 0.739. The van der Waals surface area contributed by atoms with Crippen LogP contribution in [0.5, 0.6) is 5.75 Å². The van der Waals surface area contributed by atoms with E-state index in [1.807, 2.05) is 0 Å². The zero-order valence-electron chi connectivity index (χ0n) is 16.1. The lowest BCUT2D eigenvalue weighted by Crippen LogP contribution is -2.51. The van der Waals surface area contributed by atoms with Gasteiger partial charge in [-0.25, -0.2) is 0 Å². The summed E-state index contributed by atoms with van der Waals surface area (Å²) in [5.74, 6) is 4.87. The zero-order chi connectivity index (χ0) is 17.4. The van der Waals surface area contributed by atoms with Gasteiger partial charge >= 0.3 is 0 Å². The molecule has 4 bridgehead atoms. The Morgan fingerprint density at radius 3 is 2.04 bits per heavy atom. The molecule has 0 heterocycles. The predicted octanol–water partition coefficient (Wildman–Crippen LogP) is 5.84. The highest BCUT2D eigenvalue weighted by molar-refractivity contribution is 5.27. The summed E-state index contributed by atoms with van der Waals surface area (Å²) in [5, 5.41) is 0. The fourth-order valence-electron chi connectivity index (χ4n) is 5.73.